The molecule has 3 rings (SSSR count). The van der Waals surface area contributed by atoms with E-state index >= 15 is 0 Å². The van der Waals surface area contributed by atoms with Gasteiger partial charge in [0.05, 0.1) is 32.2 Å². The molecule has 0 aliphatic rings. The summed E-state index contributed by atoms with van der Waals surface area (Å²) in [6, 6.07) is 14.8. The van der Waals surface area contributed by atoms with Gasteiger partial charge in [0.1, 0.15) is 11.5 Å². The Balaban J connectivity index is 1.58. The van der Waals surface area contributed by atoms with E-state index in [0.717, 1.165) is 17.9 Å². The van der Waals surface area contributed by atoms with Crippen molar-refractivity contribution in [3.8, 4) is 0 Å². The summed E-state index contributed by atoms with van der Waals surface area (Å²) in [4.78, 5) is 16.9. The molecule has 1 amide bonds. The summed E-state index contributed by atoms with van der Waals surface area (Å²) < 4.78 is 10.5. The number of aliphatic imine (C=N–C) groups is 1. The van der Waals surface area contributed by atoms with Gasteiger partial charge in [-0.1, -0.05) is 12.1 Å². The first-order valence-electron chi connectivity index (χ1n) is 9.18. The number of nitrogens with one attached hydrogen (secondary N) is 3. The van der Waals surface area contributed by atoms with Crippen molar-refractivity contribution < 1.29 is 13.6 Å². The first-order valence-corrected chi connectivity index (χ1v) is 9.18. The van der Waals surface area contributed by atoms with Crippen LogP contribution in [0.3, 0.4) is 0 Å². The minimum Gasteiger partial charge on any atom is -0.467 e. The van der Waals surface area contributed by atoms with E-state index < -0.39 is 0 Å². The smallest absolute Gasteiger partial charge is 0.251 e. The van der Waals surface area contributed by atoms with Crippen LogP contribution >= 0.6 is 0 Å². The summed E-state index contributed by atoms with van der Waals surface area (Å²) in [6.45, 7) is 4.11. The number of guanidine groups is 1. The lowest BCUT2D eigenvalue weighted by molar-refractivity contribution is 0.0948. The number of amides is 1. The van der Waals surface area contributed by atoms with Gasteiger partial charge in [0.15, 0.2) is 5.96 Å². The fraction of sp³-hybridized carbons (Fsp3) is 0.238. The van der Waals surface area contributed by atoms with Gasteiger partial charge in [-0.3, -0.25) is 4.79 Å². The van der Waals surface area contributed by atoms with E-state index in [-0.39, 0.29) is 5.91 Å². The molecule has 0 aliphatic carbocycles. The molecule has 0 fully saturated rings. The lowest BCUT2D eigenvalue weighted by atomic mass is 10.1. The van der Waals surface area contributed by atoms with Crippen LogP contribution in [0.15, 0.2) is 74.9 Å². The zero-order valence-electron chi connectivity index (χ0n) is 15.8. The summed E-state index contributed by atoms with van der Waals surface area (Å²) in [6.07, 6.45) is 3.23. The molecule has 0 atom stereocenters. The summed E-state index contributed by atoms with van der Waals surface area (Å²) in [5.41, 5.74) is 1.54. The zero-order chi connectivity index (χ0) is 19.6. The van der Waals surface area contributed by atoms with Crippen LogP contribution in [0.25, 0.3) is 0 Å². The molecule has 2 heterocycles. The largest absolute Gasteiger partial charge is 0.467 e. The molecule has 0 bridgehead atoms. The van der Waals surface area contributed by atoms with E-state index in [2.05, 4.69) is 20.9 Å². The first-order chi connectivity index (χ1) is 13.7. The van der Waals surface area contributed by atoms with Crippen molar-refractivity contribution in [3.05, 3.63) is 83.7 Å². The minimum absolute atomic E-state index is 0.148. The molecular formula is C21H24N4O3. The molecule has 7 heteroatoms. The van der Waals surface area contributed by atoms with E-state index in [4.69, 9.17) is 8.83 Å². The van der Waals surface area contributed by atoms with Gasteiger partial charge < -0.3 is 24.8 Å². The highest BCUT2D eigenvalue weighted by molar-refractivity contribution is 5.94. The fourth-order valence-corrected chi connectivity index (χ4v) is 2.59. The van der Waals surface area contributed by atoms with E-state index in [1.165, 1.54) is 0 Å². The van der Waals surface area contributed by atoms with Gasteiger partial charge >= 0.3 is 0 Å². The molecule has 0 saturated heterocycles. The summed E-state index contributed by atoms with van der Waals surface area (Å²) in [5, 5.41) is 9.26. The Morgan fingerprint density at radius 3 is 2.29 bits per heavy atom. The van der Waals surface area contributed by atoms with Crippen LogP contribution < -0.4 is 16.0 Å². The summed E-state index contributed by atoms with van der Waals surface area (Å²) in [7, 11) is 0. The Morgan fingerprint density at radius 2 is 1.64 bits per heavy atom. The van der Waals surface area contributed by atoms with Gasteiger partial charge in [-0.2, -0.15) is 0 Å². The molecule has 0 unspecified atom stereocenters. The molecular weight excluding hydrogens is 356 g/mol. The molecule has 0 aliphatic heterocycles. The second-order valence-corrected chi connectivity index (χ2v) is 6.09. The lowest BCUT2D eigenvalue weighted by Crippen LogP contribution is -2.36. The molecule has 0 radical (unpaired) electrons. The van der Waals surface area contributed by atoms with Crippen molar-refractivity contribution in [3.63, 3.8) is 0 Å². The molecule has 7 nitrogen and oxygen atoms in total. The van der Waals surface area contributed by atoms with Crippen molar-refractivity contribution in [2.75, 3.05) is 6.54 Å². The van der Waals surface area contributed by atoms with Gasteiger partial charge in [0.25, 0.3) is 5.91 Å². The van der Waals surface area contributed by atoms with E-state index in [1.807, 2.05) is 43.3 Å². The predicted molar refractivity (Wildman–Crippen MR) is 107 cm³/mol. The quantitative estimate of drug-likeness (QED) is 0.413. The molecule has 0 saturated carbocycles. The highest BCUT2D eigenvalue weighted by Crippen LogP contribution is 2.08. The fourth-order valence-electron chi connectivity index (χ4n) is 2.59. The molecule has 3 aromatic rings. The normalized spacial score (nSPS) is 11.2. The summed E-state index contributed by atoms with van der Waals surface area (Å²) in [5.74, 6) is 2.09. The van der Waals surface area contributed by atoms with Crippen LogP contribution in [-0.2, 0) is 19.6 Å². The number of nitrogens with zero attached hydrogens (tertiary/aromatic N) is 1. The van der Waals surface area contributed by atoms with E-state index in [9.17, 15) is 4.79 Å². The number of furan rings is 2. The van der Waals surface area contributed by atoms with Crippen molar-refractivity contribution in [1.29, 1.82) is 0 Å². The Hall–Kier alpha value is -3.48. The molecule has 2 aromatic heterocycles. The average Bonchev–Trinajstić information content (AvgIpc) is 3.42. The van der Waals surface area contributed by atoms with Crippen molar-refractivity contribution in [2.24, 2.45) is 4.99 Å². The number of hydrogen-bond acceptors (Lipinski definition) is 4. The standard InChI is InChI=1S/C21H24N4O3/c1-2-22-21(25-15-19-9-5-11-28-19)24-13-16-6-3-7-17(12-16)20(26)23-14-18-8-4-10-27-18/h3-12H,2,13-15H2,1H3,(H,23,26)(H2,22,24,25). The molecule has 146 valence electrons. The van der Waals surface area contributed by atoms with Crippen LogP contribution in [0.1, 0.15) is 34.4 Å². The van der Waals surface area contributed by atoms with Gasteiger partial charge in [0.2, 0.25) is 0 Å². The monoisotopic (exact) mass is 380 g/mol. The number of rotatable bonds is 8. The van der Waals surface area contributed by atoms with Gasteiger partial charge in [-0.05, 0) is 48.9 Å². The van der Waals surface area contributed by atoms with Crippen LogP contribution in [-0.4, -0.2) is 18.4 Å². The van der Waals surface area contributed by atoms with Crippen LogP contribution in [0.4, 0.5) is 0 Å². The number of benzene rings is 1. The Bertz CT molecular complexity index is 886. The second kappa shape index (κ2) is 10.0. The van der Waals surface area contributed by atoms with Crippen LogP contribution in [0, 0.1) is 0 Å². The van der Waals surface area contributed by atoms with E-state index in [0.29, 0.717) is 36.9 Å². The number of carbonyl (C=O) groups excluding carboxylic acids is 1. The third-order valence-corrected chi connectivity index (χ3v) is 3.97. The third kappa shape index (κ3) is 5.77. The molecule has 0 spiro atoms. The highest BCUT2D eigenvalue weighted by Gasteiger charge is 2.07. The van der Waals surface area contributed by atoms with Crippen molar-refractivity contribution >= 4 is 11.9 Å². The van der Waals surface area contributed by atoms with Gasteiger partial charge in [-0.25, -0.2) is 4.99 Å². The van der Waals surface area contributed by atoms with Gasteiger partial charge in [-0.15, -0.1) is 0 Å². The van der Waals surface area contributed by atoms with Gasteiger partial charge in [0, 0.05) is 12.1 Å². The topological polar surface area (TPSA) is 91.8 Å². The Morgan fingerprint density at radius 1 is 0.929 bits per heavy atom. The number of hydrogen-bond donors (Lipinski definition) is 3. The number of carbonyl (C=O) groups is 1. The maximum Gasteiger partial charge on any atom is 0.251 e. The van der Waals surface area contributed by atoms with E-state index in [1.54, 1.807) is 24.7 Å². The third-order valence-electron chi connectivity index (χ3n) is 3.97. The average molecular weight is 380 g/mol. The summed E-state index contributed by atoms with van der Waals surface area (Å²) >= 11 is 0. The lowest BCUT2D eigenvalue weighted by Gasteiger charge is -2.10. The molecule has 28 heavy (non-hydrogen) atoms. The Labute approximate surface area is 163 Å². The second-order valence-electron chi connectivity index (χ2n) is 6.09. The SMILES string of the molecule is CCNC(=NCc1cccc(C(=O)NCc2ccco2)c1)NCc1ccco1. The zero-order valence-corrected chi connectivity index (χ0v) is 15.8. The highest BCUT2D eigenvalue weighted by atomic mass is 16.3. The maximum atomic E-state index is 12.3. The van der Waals surface area contributed by atoms with Crippen molar-refractivity contribution in [1.82, 2.24) is 16.0 Å². The minimum atomic E-state index is -0.148. The van der Waals surface area contributed by atoms with Crippen molar-refractivity contribution in [2.45, 2.75) is 26.6 Å². The van der Waals surface area contributed by atoms with Crippen LogP contribution in [0.5, 0.6) is 0 Å². The molecule has 3 N–H and O–H groups in total. The maximum absolute atomic E-state index is 12.3. The predicted octanol–water partition coefficient (Wildman–Crippen LogP) is 3.06. The van der Waals surface area contributed by atoms with Crippen LogP contribution in [0.2, 0.25) is 0 Å². The first kappa shape index (κ1) is 19.3. The Kier molecular flexibility index (Phi) is 6.89. The molecule has 1 aromatic carbocycles.